The van der Waals surface area contributed by atoms with Gasteiger partial charge in [0.1, 0.15) is 0 Å². The van der Waals surface area contributed by atoms with Crippen molar-refractivity contribution in [3.05, 3.63) is 34.9 Å². The number of rotatable bonds is 3. The highest BCUT2D eigenvalue weighted by Gasteiger charge is 2.10. The molecule has 3 heteroatoms. The second kappa shape index (κ2) is 5.34. The minimum atomic E-state index is 0.323. The van der Waals surface area contributed by atoms with Crippen LogP contribution in [-0.2, 0) is 5.75 Å². The number of hydrogen-bond donors (Lipinski definition) is 0. The molecule has 1 rings (SSSR count). The molecule has 1 aromatic carbocycles. The third-order valence-electron chi connectivity index (χ3n) is 1.42. The number of benzene rings is 1. The molecule has 0 amide bonds. The third kappa shape index (κ3) is 5.18. The fourth-order valence-electron chi connectivity index (χ4n) is 0.901. The standard InChI is InChI=1S/C11H15ClS2/c1-11(2,3)14-13-8-9-5-4-6-10(12)7-9/h4-7H,8H2,1-3H3. The Balaban J connectivity index is 2.39. The van der Waals surface area contributed by atoms with E-state index < -0.39 is 0 Å². The van der Waals surface area contributed by atoms with Gasteiger partial charge in [-0.3, -0.25) is 0 Å². The van der Waals surface area contributed by atoms with Crippen LogP contribution in [0.5, 0.6) is 0 Å². The molecule has 0 spiro atoms. The van der Waals surface area contributed by atoms with E-state index in [-0.39, 0.29) is 0 Å². The molecule has 0 atom stereocenters. The molecule has 0 radical (unpaired) electrons. The lowest BCUT2D eigenvalue weighted by molar-refractivity contribution is 0.810. The molecule has 0 unspecified atom stereocenters. The number of halogens is 1. The molecule has 0 nitrogen and oxygen atoms in total. The quantitative estimate of drug-likeness (QED) is 0.687. The van der Waals surface area contributed by atoms with Crippen molar-refractivity contribution in [3.63, 3.8) is 0 Å². The van der Waals surface area contributed by atoms with Crippen molar-refractivity contribution in [1.82, 2.24) is 0 Å². The maximum Gasteiger partial charge on any atom is 0.0409 e. The molecular formula is C11H15ClS2. The van der Waals surface area contributed by atoms with Crippen LogP contribution in [0.4, 0.5) is 0 Å². The van der Waals surface area contributed by atoms with Crippen LogP contribution in [0.1, 0.15) is 26.3 Å². The summed E-state index contributed by atoms with van der Waals surface area (Å²) in [7, 11) is 3.79. The van der Waals surface area contributed by atoms with Gasteiger partial charge in [-0.15, -0.1) is 0 Å². The summed E-state index contributed by atoms with van der Waals surface area (Å²) in [6.07, 6.45) is 0. The highest BCUT2D eigenvalue weighted by atomic mass is 35.5. The molecule has 0 N–H and O–H groups in total. The minimum absolute atomic E-state index is 0.323. The summed E-state index contributed by atoms with van der Waals surface area (Å²) in [5.41, 5.74) is 1.29. The van der Waals surface area contributed by atoms with Crippen LogP contribution >= 0.6 is 33.2 Å². The summed E-state index contributed by atoms with van der Waals surface area (Å²) in [6, 6.07) is 8.05. The van der Waals surface area contributed by atoms with Crippen LogP contribution in [-0.4, -0.2) is 4.75 Å². The molecule has 0 aliphatic rings. The second-order valence-electron chi connectivity index (χ2n) is 4.09. The Labute approximate surface area is 99.2 Å². The summed E-state index contributed by atoms with van der Waals surface area (Å²) in [4.78, 5) is 0. The molecule has 0 fully saturated rings. The van der Waals surface area contributed by atoms with Crippen LogP contribution in [0, 0.1) is 0 Å². The smallest absolute Gasteiger partial charge is 0.0409 e. The first-order valence-electron chi connectivity index (χ1n) is 4.52. The molecule has 1 aromatic rings. The molecule has 78 valence electrons. The van der Waals surface area contributed by atoms with Gasteiger partial charge in [0.2, 0.25) is 0 Å². The van der Waals surface area contributed by atoms with Gasteiger partial charge in [-0.1, -0.05) is 66.1 Å². The molecule has 0 heterocycles. The van der Waals surface area contributed by atoms with E-state index in [1.165, 1.54) is 5.56 Å². The van der Waals surface area contributed by atoms with Crippen LogP contribution in [0.25, 0.3) is 0 Å². The van der Waals surface area contributed by atoms with E-state index in [1.54, 1.807) is 0 Å². The van der Waals surface area contributed by atoms with Crippen LogP contribution < -0.4 is 0 Å². The number of hydrogen-bond acceptors (Lipinski definition) is 2. The van der Waals surface area contributed by atoms with E-state index in [0.29, 0.717) is 4.75 Å². The fraction of sp³-hybridized carbons (Fsp3) is 0.455. The summed E-state index contributed by atoms with van der Waals surface area (Å²) < 4.78 is 0.323. The zero-order chi connectivity index (χ0) is 10.6. The first-order valence-corrected chi connectivity index (χ1v) is 7.22. The predicted octanol–water partition coefficient (Wildman–Crippen LogP) is 5.02. The fourth-order valence-corrected chi connectivity index (χ4v) is 3.49. The molecule has 0 saturated heterocycles. The Hall–Kier alpha value is 0.210. The Morgan fingerprint density at radius 1 is 1.29 bits per heavy atom. The first-order chi connectivity index (χ1) is 6.47. The summed E-state index contributed by atoms with van der Waals surface area (Å²) in [5, 5.41) is 0.823. The lowest BCUT2D eigenvalue weighted by atomic mass is 10.2. The van der Waals surface area contributed by atoms with Gasteiger partial charge < -0.3 is 0 Å². The monoisotopic (exact) mass is 246 g/mol. The minimum Gasteiger partial charge on any atom is -0.0888 e. The molecule has 0 aliphatic carbocycles. The summed E-state index contributed by atoms with van der Waals surface area (Å²) in [6.45, 7) is 6.67. The van der Waals surface area contributed by atoms with E-state index in [4.69, 9.17) is 11.6 Å². The van der Waals surface area contributed by atoms with Crippen LogP contribution in [0.3, 0.4) is 0 Å². The van der Waals surface area contributed by atoms with Gasteiger partial charge in [-0.05, 0) is 17.7 Å². The second-order valence-corrected chi connectivity index (χ2v) is 7.65. The van der Waals surface area contributed by atoms with Gasteiger partial charge >= 0.3 is 0 Å². The highest BCUT2D eigenvalue weighted by molar-refractivity contribution is 8.76. The average molecular weight is 247 g/mol. The van der Waals surface area contributed by atoms with Gasteiger partial charge in [0, 0.05) is 15.5 Å². The first kappa shape index (κ1) is 12.3. The average Bonchev–Trinajstić information content (AvgIpc) is 2.01. The van der Waals surface area contributed by atoms with Gasteiger partial charge in [-0.25, -0.2) is 0 Å². The summed E-state index contributed by atoms with van der Waals surface area (Å²) >= 11 is 5.90. The molecule has 0 aliphatic heterocycles. The van der Waals surface area contributed by atoms with Gasteiger partial charge in [0.05, 0.1) is 0 Å². The van der Waals surface area contributed by atoms with Crippen molar-refractivity contribution >= 4 is 33.2 Å². The van der Waals surface area contributed by atoms with Gasteiger partial charge in [0.25, 0.3) is 0 Å². The molecule has 0 bridgehead atoms. The predicted molar refractivity (Wildman–Crippen MR) is 70.1 cm³/mol. The zero-order valence-electron chi connectivity index (χ0n) is 8.71. The topological polar surface area (TPSA) is 0 Å². The SMILES string of the molecule is CC(C)(C)SSCc1cccc(Cl)c1. The molecule has 0 saturated carbocycles. The Kier molecular flexibility index (Phi) is 4.68. The summed E-state index contributed by atoms with van der Waals surface area (Å²) in [5.74, 6) is 1.02. The largest absolute Gasteiger partial charge is 0.0888 e. The maximum absolute atomic E-state index is 5.90. The van der Waals surface area contributed by atoms with E-state index >= 15 is 0 Å². The Morgan fingerprint density at radius 2 is 2.00 bits per heavy atom. The third-order valence-corrected chi connectivity index (χ3v) is 4.93. The molecular weight excluding hydrogens is 232 g/mol. The molecule has 14 heavy (non-hydrogen) atoms. The Morgan fingerprint density at radius 3 is 2.57 bits per heavy atom. The van der Waals surface area contributed by atoms with Crippen molar-refractivity contribution in [2.75, 3.05) is 0 Å². The van der Waals surface area contributed by atoms with E-state index in [1.807, 2.05) is 39.8 Å². The van der Waals surface area contributed by atoms with Crippen molar-refractivity contribution < 1.29 is 0 Å². The normalized spacial score (nSPS) is 11.7. The Bertz CT molecular complexity index is 292. The van der Waals surface area contributed by atoms with Crippen molar-refractivity contribution in [1.29, 1.82) is 0 Å². The van der Waals surface area contributed by atoms with Crippen molar-refractivity contribution in [2.45, 2.75) is 31.3 Å². The lowest BCUT2D eigenvalue weighted by Gasteiger charge is -2.16. The van der Waals surface area contributed by atoms with E-state index in [2.05, 4.69) is 26.8 Å². The van der Waals surface area contributed by atoms with Gasteiger partial charge in [-0.2, -0.15) is 0 Å². The van der Waals surface area contributed by atoms with Gasteiger partial charge in [0.15, 0.2) is 0 Å². The maximum atomic E-state index is 5.90. The van der Waals surface area contributed by atoms with E-state index in [9.17, 15) is 0 Å². The van der Waals surface area contributed by atoms with Crippen molar-refractivity contribution in [3.8, 4) is 0 Å². The zero-order valence-corrected chi connectivity index (χ0v) is 11.1. The highest BCUT2D eigenvalue weighted by Crippen LogP contribution is 2.37. The lowest BCUT2D eigenvalue weighted by Crippen LogP contribution is -2.04. The molecule has 0 aromatic heterocycles. The van der Waals surface area contributed by atoms with Crippen LogP contribution in [0.2, 0.25) is 5.02 Å². The van der Waals surface area contributed by atoms with Crippen molar-refractivity contribution in [2.24, 2.45) is 0 Å². The van der Waals surface area contributed by atoms with E-state index in [0.717, 1.165) is 10.8 Å². The van der Waals surface area contributed by atoms with Crippen LogP contribution in [0.15, 0.2) is 24.3 Å².